The normalized spacial score (nSPS) is 17.8. The van der Waals surface area contributed by atoms with Gasteiger partial charge >= 0.3 is 0 Å². The van der Waals surface area contributed by atoms with Crippen LogP contribution in [0.2, 0.25) is 0 Å². The van der Waals surface area contributed by atoms with Crippen LogP contribution in [0, 0.1) is 6.92 Å². The summed E-state index contributed by atoms with van der Waals surface area (Å²) >= 11 is 0. The molecule has 0 spiro atoms. The predicted octanol–water partition coefficient (Wildman–Crippen LogP) is 2.37. The number of hydrogen-bond donors (Lipinski definition) is 1. The fourth-order valence-electron chi connectivity index (χ4n) is 4.54. The van der Waals surface area contributed by atoms with Crippen LogP contribution in [0.25, 0.3) is 0 Å². The summed E-state index contributed by atoms with van der Waals surface area (Å²) in [7, 11) is -3.51. The third kappa shape index (κ3) is 6.28. The number of carbonyl (C=O) groups is 2. The number of hydrogen-bond acceptors (Lipinski definition) is 5. The zero-order valence-electron chi connectivity index (χ0n) is 20.1. The first-order chi connectivity index (χ1) is 16.8. The molecule has 0 unspecified atom stereocenters. The van der Waals surface area contributed by atoms with Gasteiger partial charge in [-0.15, -0.1) is 0 Å². The van der Waals surface area contributed by atoms with Gasteiger partial charge in [0.15, 0.2) is 0 Å². The largest absolute Gasteiger partial charge is 0.379 e. The van der Waals surface area contributed by atoms with Crippen molar-refractivity contribution in [3.63, 3.8) is 0 Å². The molecular weight excluding hydrogens is 466 g/mol. The SMILES string of the molecule is Cc1ccccc1C(=O)NC1CCN(C(=O)CCc2ccc(S(=O)(=O)N3CCOCC3)cc2)CC1. The van der Waals surface area contributed by atoms with Crippen LogP contribution < -0.4 is 5.32 Å². The molecular formula is C26H33N3O5S. The molecule has 2 heterocycles. The van der Waals surface area contributed by atoms with Crippen LogP contribution in [0.5, 0.6) is 0 Å². The van der Waals surface area contributed by atoms with Crippen LogP contribution in [0.3, 0.4) is 0 Å². The van der Waals surface area contributed by atoms with E-state index in [-0.39, 0.29) is 22.8 Å². The zero-order chi connectivity index (χ0) is 24.8. The van der Waals surface area contributed by atoms with Gasteiger partial charge in [-0.25, -0.2) is 8.42 Å². The first kappa shape index (κ1) is 25.3. The fraction of sp³-hybridized carbons (Fsp3) is 0.462. The predicted molar refractivity (Wildman–Crippen MR) is 133 cm³/mol. The molecule has 0 saturated carbocycles. The van der Waals surface area contributed by atoms with Crippen molar-refractivity contribution in [3.8, 4) is 0 Å². The Bertz CT molecular complexity index is 1140. The first-order valence-electron chi connectivity index (χ1n) is 12.2. The summed E-state index contributed by atoms with van der Waals surface area (Å²) in [6.07, 6.45) is 2.39. The van der Waals surface area contributed by atoms with Gasteiger partial charge in [-0.2, -0.15) is 4.31 Å². The van der Waals surface area contributed by atoms with Crippen molar-refractivity contribution in [1.29, 1.82) is 0 Å². The third-order valence-electron chi connectivity index (χ3n) is 6.73. The third-order valence-corrected chi connectivity index (χ3v) is 8.64. The summed E-state index contributed by atoms with van der Waals surface area (Å²) in [5, 5.41) is 3.10. The Morgan fingerprint density at radius 1 is 0.971 bits per heavy atom. The average Bonchev–Trinajstić information content (AvgIpc) is 2.88. The number of carbonyl (C=O) groups excluding carboxylic acids is 2. The Hall–Kier alpha value is -2.75. The first-order valence-corrected chi connectivity index (χ1v) is 13.6. The van der Waals surface area contributed by atoms with Gasteiger partial charge in [-0.05, 0) is 55.5 Å². The maximum absolute atomic E-state index is 12.7. The molecule has 0 aliphatic carbocycles. The van der Waals surface area contributed by atoms with Gasteiger partial charge in [0.25, 0.3) is 5.91 Å². The van der Waals surface area contributed by atoms with E-state index in [2.05, 4.69) is 5.32 Å². The van der Waals surface area contributed by atoms with Gasteiger partial charge < -0.3 is 15.0 Å². The number of piperidine rings is 1. The molecule has 2 aliphatic rings. The Balaban J connectivity index is 1.23. The molecule has 2 aliphatic heterocycles. The lowest BCUT2D eigenvalue weighted by molar-refractivity contribution is -0.132. The maximum Gasteiger partial charge on any atom is 0.251 e. The molecule has 188 valence electrons. The van der Waals surface area contributed by atoms with E-state index < -0.39 is 10.0 Å². The van der Waals surface area contributed by atoms with E-state index in [9.17, 15) is 18.0 Å². The second kappa shape index (κ2) is 11.3. The number of nitrogens with zero attached hydrogens (tertiary/aromatic N) is 2. The maximum atomic E-state index is 12.7. The van der Waals surface area contributed by atoms with Crippen molar-refractivity contribution < 1.29 is 22.7 Å². The number of rotatable bonds is 7. The molecule has 0 bridgehead atoms. The van der Waals surface area contributed by atoms with Crippen molar-refractivity contribution >= 4 is 21.8 Å². The van der Waals surface area contributed by atoms with Crippen LogP contribution >= 0.6 is 0 Å². The van der Waals surface area contributed by atoms with Crippen molar-refractivity contribution in [3.05, 3.63) is 65.2 Å². The molecule has 1 N–H and O–H groups in total. The van der Waals surface area contributed by atoms with Crippen LogP contribution in [-0.2, 0) is 26.0 Å². The summed E-state index contributed by atoms with van der Waals surface area (Å²) in [6.45, 7) is 4.72. The highest BCUT2D eigenvalue weighted by molar-refractivity contribution is 7.89. The van der Waals surface area contributed by atoms with E-state index >= 15 is 0 Å². The van der Waals surface area contributed by atoms with Crippen LogP contribution in [-0.4, -0.2) is 74.9 Å². The highest BCUT2D eigenvalue weighted by atomic mass is 32.2. The Kier molecular flexibility index (Phi) is 8.20. The summed E-state index contributed by atoms with van der Waals surface area (Å²) in [5.41, 5.74) is 2.57. The topological polar surface area (TPSA) is 96.0 Å². The number of benzene rings is 2. The second-order valence-corrected chi connectivity index (χ2v) is 11.0. The molecule has 2 fully saturated rings. The lowest BCUT2D eigenvalue weighted by Gasteiger charge is -2.32. The molecule has 9 heteroatoms. The monoisotopic (exact) mass is 499 g/mol. The molecule has 0 aromatic heterocycles. The minimum absolute atomic E-state index is 0.0621. The number of ether oxygens (including phenoxy) is 1. The molecule has 0 atom stereocenters. The lowest BCUT2D eigenvalue weighted by Crippen LogP contribution is -2.46. The van der Waals surface area contributed by atoms with Crippen molar-refractivity contribution in [2.45, 2.75) is 43.5 Å². The van der Waals surface area contributed by atoms with Gasteiger partial charge in [-0.1, -0.05) is 30.3 Å². The Morgan fingerprint density at radius 3 is 2.29 bits per heavy atom. The minimum Gasteiger partial charge on any atom is -0.379 e. The van der Waals surface area contributed by atoms with Gasteiger partial charge in [0.1, 0.15) is 0 Å². The number of morpholine rings is 1. The number of sulfonamides is 1. The fourth-order valence-corrected chi connectivity index (χ4v) is 5.95. The van der Waals surface area contributed by atoms with Gasteiger partial charge in [-0.3, -0.25) is 9.59 Å². The van der Waals surface area contributed by atoms with E-state index in [0.717, 1.165) is 24.0 Å². The smallest absolute Gasteiger partial charge is 0.251 e. The van der Waals surface area contributed by atoms with Crippen molar-refractivity contribution in [1.82, 2.24) is 14.5 Å². The van der Waals surface area contributed by atoms with Crippen LogP contribution in [0.4, 0.5) is 0 Å². The standard InChI is InChI=1S/C26H33N3O5S/c1-20-4-2-3-5-24(20)26(31)27-22-12-14-28(15-13-22)25(30)11-8-21-6-9-23(10-7-21)35(32,33)29-16-18-34-19-17-29/h2-7,9-10,22H,8,11-19H2,1H3,(H,27,31). The van der Waals surface area contributed by atoms with Crippen molar-refractivity contribution in [2.24, 2.45) is 0 Å². The van der Waals surface area contributed by atoms with Crippen LogP contribution in [0.15, 0.2) is 53.4 Å². The number of amides is 2. The van der Waals surface area contributed by atoms with Gasteiger partial charge in [0, 0.05) is 44.2 Å². The Morgan fingerprint density at radius 2 is 1.63 bits per heavy atom. The Labute approximate surface area is 207 Å². The lowest BCUT2D eigenvalue weighted by atomic mass is 10.0. The molecule has 4 rings (SSSR count). The summed E-state index contributed by atoms with van der Waals surface area (Å²) < 4.78 is 32.2. The number of likely N-dealkylation sites (tertiary alicyclic amines) is 1. The van der Waals surface area contributed by atoms with Crippen LogP contribution in [0.1, 0.15) is 40.7 Å². The van der Waals surface area contributed by atoms with Gasteiger partial charge in [0.05, 0.1) is 18.1 Å². The average molecular weight is 500 g/mol. The molecule has 2 amide bonds. The number of aryl methyl sites for hydroxylation is 2. The van der Waals surface area contributed by atoms with E-state index in [0.29, 0.717) is 57.8 Å². The van der Waals surface area contributed by atoms with E-state index in [1.54, 1.807) is 24.3 Å². The van der Waals surface area contributed by atoms with E-state index in [1.165, 1.54) is 4.31 Å². The quantitative estimate of drug-likeness (QED) is 0.631. The minimum atomic E-state index is -3.51. The summed E-state index contributed by atoms with van der Waals surface area (Å²) in [5.74, 6) is 0.0191. The van der Waals surface area contributed by atoms with Crippen molar-refractivity contribution in [2.75, 3.05) is 39.4 Å². The highest BCUT2D eigenvalue weighted by Crippen LogP contribution is 2.19. The zero-order valence-corrected chi connectivity index (χ0v) is 20.9. The molecule has 35 heavy (non-hydrogen) atoms. The summed E-state index contributed by atoms with van der Waals surface area (Å²) in [4.78, 5) is 27.4. The molecule has 2 aromatic rings. The second-order valence-electron chi connectivity index (χ2n) is 9.10. The molecule has 2 aromatic carbocycles. The van der Waals surface area contributed by atoms with E-state index in [1.807, 2.05) is 36.1 Å². The molecule has 8 nitrogen and oxygen atoms in total. The highest BCUT2D eigenvalue weighted by Gasteiger charge is 2.27. The van der Waals surface area contributed by atoms with E-state index in [4.69, 9.17) is 4.74 Å². The number of nitrogens with one attached hydrogen (secondary N) is 1. The van der Waals surface area contributed by atoms with Gasteiger partial charge in [0.2, 0.25) is 15.9 Å². The summed E-state index contributed by atoms with van der Waals surface area (Å²) in [6, 6.07) is 14.4. The molecule has 2 saturated heterocycles. The molecule has 0 radical (unpaired) electrons.